The molecule has 1 atom stereocenters. The summed E-state index contributed by atoms with van der Waals surface area (Å²) in [5.74, 6) is -0.218. The van der Waals surface area contributed by atoms with Crippen LogP contribution in [0.1, 0.15) is 17.0 Å². The Hall–Kier alpha value is -0.880. The molecular formula is C15H18BrClN2OS. The van der Waals surface area contributed by atoms with E-state index in [1.54, 1.807) is 16.2 Å². The molecule has 0 fully saturated rings. The zero-order valence-corrected chi connectivity index (χ0v) is 14.9. The van der Waals surface area contributed by atoms with Crippen LogP contribution in [0.5, 0.6) is 0 Å². The van der Waals surface area contributed by atoms with Gasteiger partial charge in [-0.05, 0) is 38.5 Å². The Bertz CT molecular complexity index is 576. The highest BCUT2D eigenvalue weighted by Crippen LogP contribution is 2.23. The van der Waals surface area contributed by atoms with Crippen LogP contribution in [0.3, 0.4) is 0 Å². The molecule has 1 amide bonds. The average Bonchev–Trinajstić information content (AvgIpc) is 2.86. The molecule has 1 heterocycles. The minimum absolute atomic E-state index is 0. The zero-order chi connectivity index (χ0) is 14.5. The molecule has 0 aliphatic heterocycles. The minimum Gasteiger partial charge on any atom is -0.341 e. The number of hydrogen-bond donors (Lipinski definition) is 1. The van der Waals surface area contributed by atoms with Crippen LogP contribution in [0.2, 0.25) is 0 Å². The summed E-state index contributed by atoms with van der Waals surface area (Å²) in [6.45, 7) is 0.921. The van der Waals surface area contributed by atoms with E-state index in [0.717, 1.165) is 14.9 Å². The monoisotopic (exact) mass is 388 g/mol. The summed E-state index contributed by atoms with van der Waals surface area (Å²) >= 11 is 5.06. The third kappa shape index (κ3) is 4.81. The maximum atomic E-state index is 12.5. The summed E-state index contributed by atoms with van der Waals surface area (Å²) in [6, 6.07) is 11.7. The number of nitrogens with zero attached hydrogens (tertiary/aromatic N) is 1. The Labute approximate surface area is 143 Å². The Morgan fingerprint density at radius 1 is 1.38 bits per heavy atom. The number of benzene rings is 1. The molecule has 2 aromatic rings. The van der Waals surface area contributed by atoms with Crippen LogP contribution in [0, 0.1) is 0 Å². The lowest BCUT2D eigenvalue weighted by Gasteiger charge is -2.23. The third-order valence-corrected chi connectivity index (χ3v) is 4.71. The molecule has 0 bridgehead atoms. The first-order valence-corrected chi connectivity index (χ1v) is 8.02. The average molecular weight is 390 g/mol. The number of hydrogen-bond acceptors (Lipinski definition) is 3. The van der Waals surface area contributed by atoms with Crippen molar-refractivity contribution in [3.8, 4) is 0 Å². The molecule has 0 aliphatic rings. The molecule has 0 saturated heterocycles. The largest absolute Gasteiger partial charge is 0.341 e. The van der Waals surface area contributed by atoms with Crippen molar-refractivity contribution in [1.82, 2.24) is 4.90 Å². The van der Waals surface area contributed by atoms with Crippen molar-refractivity contribution in [2.24, 2.45) is 5.73 Å². The predicted molar refractivity (Wildman–Crippen MR) is 94.0 cm³/mol. The summed E-state index contributed by atoms with van der Waals surface area (Å²) in [5, 5.41) is 2.05. The maximum Gasteiger partial charge on any atom is 0.231 e. The minimum atomic E-state index is -0.275. The number of carbonyl (C=O) groups excluding carboxylic acids is 1. The summed E-state index contributed by atoms with van der Waals surface area (Å²) in [7, 11) is 1.82. The number of amides is 1. The molecule has 1 aromatic carbocycles. The number of thiophene rings is 1. The molecule has 2 rings (SSSR count). The number of rotatable bonds is 5. The van der Waals surface area contributed by atoms with Crippen LogP contribution >= 0.6 is 39.7 Å². The van der Waals surface area contributed by atoms with Crippen molar-refractivity contribution in [2.75, 3.05) is 13.6 Å². The van der Waals surface area contributed by atoms with E-state index in [9.17, 15) is 4.79 Å². The van der Waals surface area contributed by atoms with Gasteiger partial charge in [0.2, 0.25) is 5.91 Å². The SMILES string of the molecule is CN(Cc1csc(Br)c1)C(=O)C(CN)c1ccccc1.Cl. The lowest BCUT2D eigenvalue weighted by molar-refractivity contribution is -0.131. The van der Waals surface area contributed by atoms with E-state index in [1.165, 1.54) is 0 Å². The van der Waals surface area contributed by atoms with Crippen LogP contribution in [0.4, 0.5) is 0 Å². The third-order valence-electron chi connectivity index (χ3n) is 3.15. The van der Waals surface area contributed by atoms with Crippen LogP contribution in [-0.2, 0) is 11.3 Å². The van der Waals surface area contributed by atoms with E-state index in [0.29, 0.717) is 13.1 Å². The van der Waals surface area contributed by atoms with Gasteiger partial charge >= 0.3 is 0 Å². The zero-order valence-electron chi connectivity index (χ0n) is 11.7. The highest BCUT2D eigenvalue weighted by atomic mass is 79.9. The fraction of sp³-hybridized carbons (Fsp3) is 0.267. The number of likely N-dealkylation sites (N-methyl/N-ethyl adjacent to an activating group) is 1. The fourth-order valence-corrected chi connectivity index (χ4v) is 3.31. The Kier molecular flexibility index (Phi) is 7.39. The van der Waals surface area contributed by atoms with Gasteiger partial charge in [0.1, 0.15) is 0 Å². The molecular weight excluding hydrogens is 372 g/mol. The highest BCUT2D eigenvalue weighted by Gasteiger charge is 2.22. The van der Waals surface area contributed by atoms with Gasteiger partial charge in [-0.15, -0.1) is 23.7 Å². The van der Waals surface area contributed by atoms with E-state index in [4.69, 9.17) is 5.73 Å². The van der Waals surface area contributed by atoms with E-state index >= 15 is 0 Å². The van der Waals surface area contributed by atoms with E-state index in [2.05, 4.69) is 15.9 Å². The van der Waals surface area contributed by atoms with Crippen LogP contribution in [0.25, 0.3) is 0 Å². The van der Waals surface area contributed by atoms with Crippen molar-refractivity contribution < 1.29 is 4.79 Å². The summed E-state index contributed by atoms with van der Waals surface area (Å²) in [6.07, 6.45) is 0. The van der Waals surface area contributed by atoms with Crippen molar-refractivity contribution in [1.29, 1.82) is 0 Å². The number of carbonyl (C=O) groups is 1. The molecule has 1 aromatic heterocycles. The lowest BCUT2D eigenvalue weighted by atomic mass is 9.98. The standard InChI is InChI=1S/C15H17BrN2OS.ClH/c1-18(9-11-7-14(16)20-10-11)15(19)13(8-17)12-5-3-2-4-6-12;/h2-7,10,13H,8-9,17H2,1H3;1H. The van der Waals surface area contributed by atoms with Gasteiger partial charge in [0.25, 0.3) is 0 Å². The first-order chi connectivity index (χ1) is 9.61. The molecule has 0 saturated carbocycles. The van der Waals surface area contributed by atoms with Crippen LogP contribution in [0.15, 0.2) is 45.6 Å². The van der Waals surface area contributed by atoms with Gasteiger partial charge < -0.3 is 10.6 Å². The molecule has 0 radical (unpaired) electrons. The smallest absolute Gasteiger partial charge is 0.231 e. The summed E-state index contributed by atoms with van der Waals surface area (Å²) in [5.41, 5.74) is 7.89. The lowest BCUT2D eigenvalue weighted by Crippen LogP contribution is -2.34. The van der Waals surface area contributed by atoms with Crippen molar-refractivity contribution in [3.05, 3.63) is 56.7 Å². The van der Waals surface area contributed by atoms with Crippen molar-refractivity contribution in [3.63, 3.8) is 0 Å². The van der Waals surface area contributed by atoms with E-state index in [1.807, 2.05) is 48.8 Å². The molecule has 3 nitrogen and oxygen atoms in total. The van der Waals surface area contributed by atoms with Crippen LogP contribution in [-0.4, -0.2) is 24.4 Å². The van der Waals surface area contributed by atoms with Gasteiger partial charge in [0.15, 0.2) is 0 Å². The van der Waals surface area contributed by atoms with Gasteiger partial charge in [0, 0.05) is 20.1 Å². The molecule has 0 spiro atoms. The van der Waals surface area contributed by atoms with E-state index < -0.39 is 0 Å². The van der Waals surface area contributed by atoms with Gasteiger partial charge in [-0.25, -0.2) is 0 Å². The van der Waals surface area contributed by atoms with Crippen molar-refractivity contribution in [2.45, 2.75) is 12.5 Å². The van der Waals surface area contributed by atoms with Crippen molar-refractivity contribution >= 4 is 45.6 Å². The number of nitrogens with two attached hydrogens (primary N) is 1. The normalized spacial score (nSPS) is 11.6. The maximum absolute atomic E-state index is 12.5. The van der Waals surface area contributed by atoms with Gasteiger partial charge in [-0.1, -0.05) is 30.3 Å². The summed E-state index contributed by atoms with van der Waals surface area (Å²) < 4.78 is 1.08. The first-order valence-electron chi connectivity index (χ1n) is 6.34. The molecule has 2 N–H and O–H groups in total. The quantitative estimate of drug-likeness (QED) is 0.848. The van der Waals surface area contributed by atoms with Gasteiger partial charge in [-0.2, -0.15) is 0 Å². The molecule has 21 heavy (non-hydrogen) atoms. The first kappa shape index (κ1) is 18.2. The molecule has 114 valence electrons. The number of halogens is 2. The van der Waals surface area contributed by atoms with E-state index in [-0.39, 0.29) is 24.2 Å². The predicted octanol–water partition coefficient (Wildman–Crippen LogP) is 3.63. The second-order valence-electron chi connectivity index (χ2n) is 4.65. The van der Waals surface area contributed by atoms with Crippen LogP contribution < -0.4 is 5.73 Å². The molecule has 6 heteroatoms. The fourth-order valence-electron chi connectivity index (χ4n) is 2.11. The van der Waals surface area contributed by atoms with Gasteiger partial charge in [-0.3, -0.25) is 4.79 Å². The Morgan fingerprint density at radius 2 is 2.05 bits per heavy atom. The Morgan fingerprint density at radius 3 is 2.57 bits per heavy atom. The highest BCUT2D eigenvalue weighted by molar-refractivity contribution is 9.11. The topological polar surface area (TPSA) is 46.3 Å². The summed E-state index contributed by atoms with van der Waals surface area (Å²) in [4.78, 5) is 14.3. The second-order valence-corrected chi connectivity index (χ2v) is 6.94. The Balaban J connectivity index is 0.00000220. The van der Waals surface area contributed by atoms with Gasteiger partial charge in [0.05, 0.1) is 9.70 Å². The second kappa shape index (κ2) is 8.54. The molecule has 1 unspecified atom stereocenters. The molecule has 0 aliphatic carbocycles.